The van der Waals surface area contributed by atoms with E-state index in [1.165, 1.54) is 18.3 Å². The number of thioether (sulfide) groups is 1. The van der Waals surface area contributed by atoms with Crippen LogP contribution in [-0.4, -0.2) is 27.1 Å². The molecular formula is C17H13N3O3S3. The summed E-state index contributed by atoms with van der Waals surface area (Å²) in [7, 11) is 0. The average Bonchev–Trinajstić information content (AvgIpc) is 3.21. The predicted molar refractivity (Wildman–Crippen MR) is 108 cm³/mol. The topological polar surface area (TPSA) is 78.5 Å². The van der Waals surface area contributed by atoms with Crippen LogP contribution in [0, 0.1) is 0 Å². The lowest BCUT2D eigenvalue weighted by molar-refractivity contribution is -0.123. The summed E-state index contributed by atoms with van der Waals surface area (Å²) >= 11 is 7.59. The van der Waals surface area contributed by atoms with Crippen molar-refractivity contribution >= 4 is 69.1 Å². The summed E-state index contributed by atoms with van der Waals surface area (Å²) < 4.78 is 0.265. The number of hydrazine groups is 1. The number of carbonyl (C=O) groups excluding carboxylic acids is 3. The second-order valence-corrected chi connectivity index (χ2v) is 7.86. The molecule has 1 saturated heterocycles. The summed E-state index contributed by atoms with van der Waals surface area (Å²) in [5, 5.41) is 5.54. The van der Waals surface area contributed by atoms with Crippen LogP contribution >= 0.6 is 35.3 Å². The molecular weight excluding hydrogens is 390 g/mol. The highest BCUT2D eigenvalue weighted by Crippen LogP contribution is 2.31. The summed E-state index contributed by atoms with van der Waals surface area (Å²) in [5.41, 5.74) is 3.99. The molecule has 0 aliphatic carbocycles. The van der Waals surface area contributed by atoms with Gasteiger partial charge in [-0.2, -0.15) is 5.01 Å². The van der Waals surface area contributed by atoms with Gasteiger partial charge >= 0.3 is 0 Å². The Hall–Kier alpha value is -2.49. The number of nitrogens with zero attached hydrogens (tertiary/aromatic N) is 1. The van der Waals surface area contributed by atoms with Crippen molar-refractivity contribution < 1.29 is 14.4 Å². The largest absolute Gasteiger partial charge is 0.326 e. The second-order valence-electron chi connectivity index (χ2n) is 5.24. The van der Waals surface area contributed by atoms with Gasteiger partial charge in [-0.1, -0.05) is 30.0 Å². The first-order valence-electron chi connectivity index (χ1n) is 7.44. The molecule has 2 aromatic rings. The normalized spacial score (nSPS) is 15.4. The van der Waals surface area contributed by atoms with E-state index in [1.807, 2.05) is 0 Å². The number of carbonyl (C=O) groups is 3. The first-order valence-corrected chi connectivity index (χ1v) is 9.54. The molecule has 0 bridgehead atoms. The molecule has 6 nitrogen and oxygen atoms in total. The highest BCUT2D eigenvalue weighted by molar-refractivity contribution is 8.26. The van der Waals surface area contributed by atoms with Crippen LogP contribution in [0.25, 0.3) is 6.08 Å². The van der Waals surface area contributed by atoms with Crippen molar-refractivity contribution in [1.82, 2.24) is 10.4 Å². The third kappa shape index (κ3) is 4.18. The zero-order valence-corrected chi connectivity index (χ0v) is 16.0. The zero-order chi connectivity index (χ0) is 18.7. The quantitative estimate of drug-likeness (QED) is 0.605. The Morgan fingerprint density at radius 2 is 1.92 bits per heavy atom. The van der Waals surface area contributed by atoms with Gasteiger partial charge in [-0.05, 0) is 47.4 Å². The second kappa shape index (κ2) is 7.81. The molecule has 0 unspecified atom stereocenters. The fourth-order valence-corrected chi connectivity index (χ4v) is 3.94. The minimum absolute atomic E-state index is 0.153. The van der Waals surface area contributed by atoms with E-state index in [9.17, 15) is 14.4 Å². The number of anilines is 1. The van der Waals surface area contributed by atoms with E-state index in [0.29, 0.717) is 15.5 Å². The van der Waals surface area contributed by atoms with Gasteiger partial charge in [0, 0.05) is 12.6 Å². The van der Waals surface area contributed by atoms with Crippen LogP contribution in [0.1, 0.15) is 22.2 Å². The number of amides is 3. The molecule has 1 aliphatic heterocycles. The Kier molecular flexibility index (Phi) is 5.50. The Labute approximate surface area is 163 Å². The van der Waals surface area contributed by atoms with Crippen LogP contribution in [0.2, 0.25) is 0 Å². The van der Waals surface area contributed by atoms with Gasteiger partial charge in [0.1, 0.15) is 0 Å². The van der Waals surface area contributed by atoms with Gasteiger partial charge in [-0.3, -0.25) is 19.8 Å². The van der Waals surface area contributed by atoms with E-state index in [2.05, 4.69) is 10.7 Å². The molecule has 3 rings (SSSR count). The smallest absolute Gasteiger partial charge is 0.285 e. The van der Waals surface area contributed by atoms with E-state index in [4.69, 9.17) is 12.2 Å². The molecule has 0 atom stereocenters. The Balaban J connectivity index is 1.72. The number of thiocarbonyl (C=S) groups is 1. The molecule has 1 aromatic carbocycles. The van der Waals surface area contributed by atoms with Gasteiger partial charge in [0.2, 0.25) is 5.91 Å². The third-order valence-corrected chi connectivity index (χ3v) is 5.45. The van der Waals surface area contributed by atoms with Gasteiger partial charge < -0.3 is 5.32 Å². The molecule has 132 valence electrons. The van der Waals surface area contributed by atoms with Gasteiger partial charge in [0.05, 0.1) is 9.78 Å². The van der Waals surface area contributed by atoms with E-state index in [-0.39, 0.29) is 22.0 Å². The minimum atomic E-state index is -0.379. The van der Waals surface area contributed by atoms with Crippen molar-refractivity contribution in [3.05, 3.63) is 57.1 Å². The number of hydrogen-bond donors (Lipinski definition) is 2. The van der Waals surface area contributed by atoms with Crippen molar-refractivity contribution in [3.63, 3.8) is 0 Å². The van der Waals surface area contributed by atoms with Crippen LogP contribution in [0.5, 0.6) is 0 Å². The molecule has 1 aromatic heterocycles. The lowest BCUT2D eigenvalue weighted by Crippen LogP contribution is -2.44. The standard InChI is InChI=1S/C17H13N3O3S3/c1-10(21)18-12-6-4-11(5-7-12)9-14-16(23)20(17(24)26-14)19-15(22)13-3-2-8-25-13/h2-9H,1H3,(H,18,21)(H,19,22)/b14-9-. The van der Waals surface area contributed by atoms with Crippen LogP contribution in [0.3, 0.4) is 0 Å². The van der Waals surface area contributed by atoms with Crippen molar-refractivity contribution in [2.75, 3.05) is 5.32 Å². The number of thiophene rings is 1. The number of nitrogens with one attached hydrogen (secondary N) is 2. The average molecular weight is 404 g/mol. The first kappa shape index (κ1) is 18.3. The summed E-state index contributed by atoms with van der Waals surface area (Å²) in [6.07, 6.45) is 1.69. The Morgan fingerprint density at radius 1 is 1.19 bits per heavy atom. The Morgan fingerprint density at radius 3 is 2.54 bits per heavy atom. The van der Waals surface area contributed by atoms with E-state index < -0.39 is 0 Å². The molecule has 0 spiro atoms. The van der Waals surface area contributed by atoms with Gasteiger partial charge in [-0.15, -0.1) is 11.3 Å². The van der Waals surface area contributed by atoms with Crippen LogP contribution in [0.4, 0.5) is 5.69 Å². The maximum absolute atomic E-state index is 12.5. The lowest BCUT2D eigenvalue weighted by Gasteiger charge is -2.14. The minimum Gasteiger partial charge on any atom is -0.326 e. The third-order valence-electron chi connectivity index (χ3n) is 3.28. The van der Waals surface area contributed by atoms with Crippen molar-refractivity contribution in [2.45, 2.75) is 6.92 Å². The molecule has 1 aliphatic rings. The van der Waals surface area contributed by atoms with E-state index in [0.717, 1.165) is 22.3 Å². The van der Waals surface area contributed by atoms with Crippen molar-refractivity contribution in [2.24, 2.45) is 0 Å². The number of hydrogen-bond acceptors (Lipinski definition) is 6. The molecule has 2 heterocycles. The predicted octanol–water partition coefficient (Wildman–Crippen LogP) is 3.25. The Bertz CT molecular complexity index is 905. The van der Waals surface area contributed by atoms with E-state index in [1.54, 1.807) is 47.9 Å². The number of rotatable bonds is 4. The molecule has 1 fully saturated rings. The molecule has 0 saturated carbocycles. The van der Waals surface area contributed by atoms with Crippen LogP contribution in [0.15, 0.2) is 46.7 Å². The van der Waals surface area contributed by atoms with Gasteiger partial charge in [-0.25, -0.2) is 0 Å². The molecule has 3 amide bonds. The fraction of sp³-hybridized carbons (Fsp3) is 0.0588. The van der Waals surface area contributed by atoms with Crippen LogP contribution < -0.4 is 10.7 Å². The first-order chi connectivity index (χ1) is 12.4. The highest BCUT2D eigenvalue weighted by Gasteiger charge is 2.33. The maximum Gasteiger partial charge on any atom is 0.285 e. The molecule has 26 heavy (non-hydrogen) atoms. The molecule has 2 N–H and O–H groups in total. The van der Waals surface area contributed by atoms with Gasteiger partial charge in [0.15, 0.2) is 4.32 Å². The molecule has 9 heteroatoms. The summed E-state index contributed by atoms with van der Waals surface area (Å²) in [5.74, 6) is -0.909. The van der Waals surface area contributed by atoms with Crippen molar-refractivity contribution in [3.8, 4) is 0 Å². The van der Waals surface area contributed by atoms with E-state index >= 15 is 0 Å². The summed E-state index contributed by atoms with van der Waals surface area (Å²) in [6.45, 7) is 1.43. The summed E-state index contributed by atoms with van der Waals surface area (Å²) in [6, 6.07) is 10.5. The molecule has 0 radical (unpaired) electrons. The lowest BCUT2D eigenvalue weighted by atomic mass is 10.2. The zero-order valence-electron chi connectivity index (χ0n) is 13.5. The SMILES string of the molecule is CC(=O)Nc1ccc(/C=C2\SC(=S)N(NC(=O)c3cccs3)C2=O)cc1. The highest BCUT2D eigenvalue weighted by atomic mass is 32.2. The maximum atomic E-state index is 12.5. The van der Waals surface area contributed by atoms with Crippen LogP contribution in [-0.2, 0) is 9.59 Å². The monoisotopic (exact) mass is 403 g/mol. The number of benzene rings is 1. The summed E-state index contributed by atoms with van der Waals surface area (Å²) in [4.78, 5) is 36.6. The fourth-order valence-electron chi connectivity index (χ4n) is 2.15. The van der Waals surface area contributed by atoms with Gasteiger partial charge in [0.25, 0.3) is 11.8 Å². The van der Waals surface area contributed by atoms with Crippen molar-refractivity contribution in [1.29, 1.82) is 0 Å².